The molecule has 1 aromatic carbocycles. The van der Waals surface area contributed by atoms with Crippen LogP contribution in [0.3, 0.4) is 0 Å². The Morgan fingerprint density at radius 1 is 1.36 bits per heavy atom. The molecule has 0 radical (unpaired) electrons. The number of para-hydroxylation sites is 1. The smallest absolute Gasteiger partial charge is 0.305 e. The summed E-state index contributed by atoms with van der Waals surface area (Å²) >= 11 is 0. The molecule has 0 bridgehead atoms. The number of ether oxygens (including phenoxy) is 2. The van der Waals surface area contributed by atoms with Crippen LogP contribution >= 0.6 is 0 Å². The number of carbonyl (C=O) groups excluding carboxylic acids is 1. The van der Waals surface area contributed by atoms with E-state index in [2.05, 4.69) is 5.32 Å². The lowest BCUT2D eigenvalue weighted by atomic mass is 9.86. The number of benzene rings is 1. The Labute approximate surface area is 127 Å². The Morgan fingerprint density at radius 3 is 2.64 bits per heavy atom. The van der Waals surface area contributed by atoms with Crippen LogP contribution in [0.15, 0.2) is 18.2 Å². The summed E-state index contributed by atoms with van der Waals surface area (Å²) in [7, 11) is 1.39. The van der Waals surface area contributed by atoms with E-state index in [-0.39, 0.29) is 23.5 Å². The summed E-state index contributed by atoms with van der Waals surface area (Å²) in [6.07, 6.45) is 0.637. The molecule has 1 aliphatic heterocycles. The second-order valence-electron chi connectivity index (χ2n) is 5.27. The van der Waals surface area contributed by atoms with E-state index in [1.165, 1.54) is 19.2 Å². The number of aliphatic carboxylic acids is 1. The van der Waals surface area contributed by atoms with Crippen molar-refractivity contribution in [2.45, 2.75) is 24.8 Å². The molecule has 7 heteroatoms. The minimum Gasteiger partial charge on any atom is -0.504 e. The minimum atomic E-state index is -0.989. The van der Waals surface area contributed by atoms with Gasteiger partial charge in [-0.3, -0.25) is 9.59 Å². The topological polar surface area (TPSA) is 105 Å². The number of nitrogens with one attached hydrogen (secondary N) is 1. The molecule has 1 heterocycles. The second kappa shape index (κ2) is 6.65. The molecule has 1 saturated heterocycles. The van der Waals surface area contributed by atoms with Gasteiger partial charge < -0.3 is 25.0 Å². The molecule has 0 spiro atoms. The summed E-state index contributed by atoms with van der Waals surface area (Å²) in [5.74, 6) is -1.59. The van der Waals surface area contributed by atoms with Crippen molar-refractivity contribution in [1.29, 1.82) is 0 Å². The van der Waals surface area contributed by atoms with Crippen molar-refractivity contribution in [2.75, 3.05) is 20.3 Å². The van der Waals surface area contributed by atoms with Gasteiger partial charge in [0.1, 0.15) is 0 Å². The van der Waals surface area contributed by atoms with E-state index in [0.29, 0.717) is 26.1 Å². The van der Waals surface area contributed by atoms with Gasteiger partial charge in [0.2, 0.25) is 0 Å². The zero-order chi connectivity index (χ0) is 16.2. The molecular weight excluding hydrogens is 290 g/mol. The van der Waals surface area contributed by atoms with E-state index in [4.69, 9.17) is 14.6 Å². The van der Waals surface area contributed by atoms with Crippen molar-refractivity contribution < 1.29 is 29.3 Å². The molecule has 1 amide bonds. The maximum atomic E-state index is 12.4. The first-order valence-electron chi connectivity index (χ1n) is 6.95. The van der Waals surface area contributed by atoms with Crippen LogP contribution in [0.2, 0.25) is 0 Å². The predicted molar refractivity (Wildman–Crippen MR) is 77.2 cm³/mol. The van der Waals surface area contributed by atoms with E-state index in [9.17, 15) is 14.7 Å². The summed E-state index contributed by atoms with van der Waals surface area (Å²) in [5.41, 5.74) is -0.813. The van der Waals surface area contributed by atoms with Gasteiger partial charge in [-0.1, -0.05) is 6.07 Å². The molecule has 0 unspecified atom stereocenters. The van der Waals surface area contributed by atoms with Crippen molar-refractivity contribution in [3.8, 4) is 11.5 Å². The summed E-state index contributed by atoms with van der Waals surface area (Å²) in [6.45, 7) is 0.773. The van der Waals surface area contributed by atoms with Gasteiger partial charge >= 0.3 is 5.97 Å². The highest BCUT2D eigenvalue weighted by Crippen LogP contribution is 2.31. The Hall–Kier alpha value is -2.28. The Morgan fingerprint density at radius 2 is 2.05 bits per heavy atom. The highest BCUT2D eigenvalue weighted by molar-refractivity contribution is 5.98. The van der Waals surface area contributed by atoms with Gasteiger partial charge in [0.25, 0.3) is 5.91 Å². The summed E-state index contributed by atoms with van der Waals surface area (Å²) in [6, 6.07) is 4.58. The maximum absolute atomic E-state index is 12.4. The third-order valence-electron chi connectivity index (χ3n) is 3.78. The van der Waals surface area contributed by atoms with Crippen LogP contribution in [0.4, 0.5) is 0 Å². The number of amides is 1. The molecular formula is C15H19NO6. The maximum Gasteiger partial charge on any atom is 0.305 e. The Kier molecular flexibility index (Phi) is 4.87. The fourth-order valence-corrected chi connectivity index (χ4v) is 2.58. The number of carbonyl (C=O) groups is 2. The van der Waals surface area contributed by atoms with Crippen molar-refractivity contribution in [3.05, 3.63) is 23.8 Å². The normalized spacial score (nSPS) is 16.8. The number of carboxylic acid groups (broad SMARTS) is 1. The Bertz CT molecular complexity index is 565. The number of phenols is 1. The molecule has 0 saturated carbocycles. The van der Waals surface area contributed by atoms with Crippen LogP contribution in [0.25, 0.3) is 0 Å². The van der Waals surface area contributed by atoms with Crippen molar-refractivity contribution in [1.82, 2.24) is 5.32 Å². The molecule has 22 heavy (non-hydrogen) atoms. The third kappa shape index (κ3) is 3.48. The lowest BCUT2D eigenvalue weighted by Crippen LogP contribution is -2.53. The minimum absolute atomic E-state index is 0.0515. The second-order valence-corrected chi connectivity index (χ2v) is 5.27. The van der Waals surface area contributed by atoms with Crippen LogP contribution in [0, 0.1) is 0 Å². The molecule has 3 N–H and O–H groups in total. The van der Waals surface area contributed by atoms with Crippen LogP contribution in [0.1, 0.15) is 29.6 Å². The molecule has 1 fully saturated rings. The largest absolute Gasteiger partial charge is 0.504 e. The van der Waals surface area contributed by atoms with Crippen LogP contribution in [0.5, 0.6) is 11.5 Å². The summed E-state index contributed by atoms with van der Waals surface area (Å²) in [4.78, 5) is 23.5. The Balaban J connectivity index is 2.23. The monoisotopic (exact) mass is 309 g/mol. The number of carboxylic acids is 1. The number of rotatable bonds is 5. The molecule has 1 aromatic rings. The zero-order valence-corrected chi connectivity index (χ0v) is 12.3. The summed E-state index contributed by atoms with van der Waals surface area (Å²) in [5, 5.41) is 21.9. The molecule has 0 aromatic heterocycles. The van der Waals surface area contributed by atoms with E-state index in [1.54, 1.807) is 6.07 Å². The number of hydrogen-bond acceptors (Lipinski definition) is 5. The van der Waals surface area contributed by atoms with Crippen molar-refractivity contribution >= 4 is 11.9 Å². The molecule has 0 aliphatic carbocycles. The van der Waals surface area contributed by atoms with E-state index in [0.717, 1.165) is 0 Å². The molecule has 7 nitrogen and oxygen atoms in total. The van der Waals surface area contributed by atoms with Crippen LogP contribution in [-0.4, -0.2) is 48.0 Å². The average Bonchev–Trinajstić information content (AvgIpc) is 2.47. The van der Waals surface area contributed by atoms with E-state index in [1.807, 2.05) is 0 Å². The van der Waals surface area contributed by atoms with Crippen LogP contribution < -0.4 is 10.1 Å². The van der Waals surface area contributed by atoms with Gasteiger partial charge in [0.15, 0.2) is 11.5 Å². The van der Waals surface area contributed by atoms with Gasteiger partial charge in [-0.25, -0.2) is 0 Å². The molecule has 0 atom stereocenters. The molecule has 120 valence electrons. The third-order valence-corrected chi connectivity index (χ3v) is 3.78. The lowest BCUT2D eigenvalue weighted by Gasteiger charge is -2.36. The molecule has 2 rings (SSSR count). The quantitative estimate of drug-likeness (QED) is 0.753. The van der Waals surface area contributed by atoms with Gasteiger partial charge in [-0.15, -0.1) is 0 Å². The van der Waals surface area contributed by atoms with Gasteiger partial charge in [0.05, 0.1) is 24.6 Å². The fourth-order valence-electron chi connectivity index (χ4n) is 2.58. The number of phenolic OH excluding ortho intramolecular Hbond substituents is 1. The van der Waals surface area contributed by atoms with Crippen LogP contribution in [-0.2, 0) is 9.53 Å². The molecule has 1 aliphatic rings. The standard InChI is InChI=1S/C15H19NO6/c1-21-11-4-2-3-10(13(11)19)14(20)16-15(9-12(17)18)5-7-22-8-6-15/h2-4,19H,5-9H2,1H3,(H,16,20)(H,17,18). The van der Waals surface area contributed by atoms with Gasteiger partial charge in [-0.2, -0.15) is 0 Å². The fraction of sp³-hybridized carbons (Fsp3) is 0.467. The van der Waals surface area contributed by atoms with E-state index < -0.39 is 17.4 Å². The zero-order valence-electron chi connectivity index (χ0n) is 12.3. The van der Waals surface area contributed by atoms with E-state index >= 15 is 0 Å². The van der Waals surface area contributed by atoms with Crippen molar-refractivity contribution in [2.24, 2.45) is 0 Å². The highest BCUT2D eigenvalue weighted by Gasteiger charge is 2.37. The average molecular weight is 309 g/mol. The highest BCUT2D eigenvalue weighted by atomic mass is 16.5. The van der Waals surface area contributed by atoms with Crippen molar-refractivity contribution in [3.63, 3.8) is 0 Å². The first-order chi connectivity index (χ1) is 10.5. The lowest BCUT2D eigenvalue weighted by molar-refractivity contribution is -0.139. The van der Waals surface area contributed by atoms with Gasteiger partial charge in [-0.05, 0) is 25.0 Å². The SMILES string of the molecule is COc1cccc(C(=O)NC2(CC(=O)O)CCOCC2)c1O. The predicted octanol–water partition coefficient (Wildman–Crippen LogP) is 1.15. The first-order valence-corrected chi connectivity index (χ1v) is 6.95. The summed E-state index contributed by atoms with van der Waals surface area (Å²) < 4.78 is 10.2. The van der Waals surface area contributed by atoms with Gasteiger partial charge in [0, 0.05) is 13.2 Å². The first kappa shape index (κ1) is 16.1. The number of methoxy groups -OCH3 is 1. The number of hydrogen-bond donors (Lipinski definition) is 3. The number of aromatic hydroxyl groups is 1.